The summed E-state index contributed by atoms with van der Waals surface area (Å²) in [4.78, 5) is 23.8. The lowest BCUT2D eigenvalue weighted by Gasteiger charge is -2.09. The van der Waals surface area contributed by atoms with Crippen LogP contribution in [0.25, 0.3) is 0 Å². The number of carbonyl (C=O) groups is 2. The summed E-state index contributed by atoms with van der Waals surface area (Å²) in [6.07, 6.45) is 1.48. The van der Waals surface area contributed by atoms with Crippen LogP contribution in [0.2, 0.25) is 0 Å². The number of aromatic amines is 1. The maximum absolute atomic E-state index is 12.0. The van der Waals surface area contributed by atoms with Gasteiger partial charge in [-0.15, -0.1) is 0 Å². The van der Waals surface area contributed by atoms with Crippen LogP contribution in [0.4, 0.5) is 5.69 Å². The zero-order valence-electron chi connectivity index (χ0n) is 12.2. The lowest BCUT2D eigenvalue weighted by Crippen LogP contribution is -2.30. The predicted octanol–water partition coefficient (Wildman–Crippen LogP) is 2.11. The average Bonchev–Trinajstić information content (AvgIpc) is 2.85. The molecule has 0 aliphatic carbocycles. The molecule has 0 atom stereocenters. The molecule has 0 saturated carbocycles. The van der Waals surface area contributed by atoms with Crippen LogP contribution in [-0.4, -0.2) is 28.1 Å². The monoisotopic (exact) mass is 286 g/mol. The zero-order valence-corrected chi connectivity index (χ0v) is 12.2. The number of hydrogen-bond acceptors (Lipinski definition) is 3. The third-order valence-corrected chi connectivity index (χ3v) is 2.90. The van der Waals surface area contributed by atoms with Crippen molar-refractivity contribution in [2.75, 3.05) is 5.32 Å². The molecule has 3 N–H and O–H groups in total. The Morgan fingerprint density at radius 2 is 1.81 bits per heavy atom. The second kappa shape index (κ2) is 6.21. The molecule has 0 saturated heterocycles. The fourth-order valence-electron chi connectivity index (χ4n) is 1.83. The van der Waals surface area contributed by atoms with Gasteiger partial charge in [0.1, 0.15) is 0 Å². The smallest absolute Gasteiger partial charge is 0.259 e. The largest absolute Gasteiger partial charge is 0.350 e. The van der Waals surface area contributed by atoms with Crippen molar-refractivity contribution in [1.82, 2.24) is 15.5 Å². The molecule has 0 aliphatic rings. The van der Waals surface area contributed by atoms with Gasteiger partial charge < -0.3 is 10.6 Å². The Kier molecular flexibility index (Phi) is 4.37. The Morgan fingerprint density at radius 3 is 2.33 bits per heavy atom. The Bertz CT molecular complexity index is 644. The number of hydrogen-bond donors (Lipinski definition) is 3. The Hall–Kier alpha value is -2.63. The first-order chi connectivity index (χ1) is 9.97. The summed E-state index contributed by atoms with van der Waals surface area (Å²) in [5.41, 5.74) is 2.39. The number of benzene rings is 1. The average molecular weight is 286 g/mol. The summed E-state index contributed by atoms with van der Waals surface area (Å²) < 4.78 is 0. The molecule has 0 bridgehead atoms. The molecule has 0 unspecified atom stereocenters. The summed E-state index contributed by atoms with van der Waals surface area (Å²) in [6.45, 7) is 5.58. The van der Waals surface area contributed by atoms with Gasteiger partial charge in [-0.05, 0) is 45.0 Å². The van der Waals surface area contributed by atoms with E-state index in [1.807, 2.05) is 13.8 Å². The van der Waals surface area contributed by atoms with Gasteiger partial charge in [0.2, 0.25) is 0 Å². The SMILES string of the molecule is Cc1[nH]ncc1C(=O)Nc1ccc(C(=O)NC(C)C)cc1. The van der Waals surface area contributed by atoms with Gasteiger partial charge >= 0.3 is 0 Å². The first-order valence-corrected chi connectivity index (χ1v) is 6.69. The summed E-state index contributed by atoms with van der Waals surface area (Å²) in [5, 5.41) is 12.1. The van der Waals surface area contributed by atoms with Crippen molar-refractivity contribution >= 4 is 17.5 Å². The van der Waals surface area contributed by atoms with E-state index in [-0.39, 0.29) is 17.9 Å². The van der Waals surface area contributed by atoms with Gasteiger partial charge in [-0.2, -0.15) is 5.10 Å². The van der Waals surface area contributed by atoms with Crippen LogP contribution in [-0.2, 0) is 0 Å². The predicted molar refractivity (Wildman–Crippen MR) is 80.3 cm³/mol. The van der Waals surface area contributed by atoms with E-state index in [4.69, 9.17) is 0 Å². The van der Waals surface area contributed by atoms with E-state index in [9.17, 15) is 9.59 Å². The molecule has 0 fully saturated rings. The van der Waals surface area contributed by atoms with Crippen LogP contribution in [0.1, 0.15) is 40.3 Å². The van der Waals surface area contributed by atoms with Gasteiger partial charge in [0.25, 0.3) is 11.8 Å². The summed E-state index contributed by atoms with van der Waals surface area (Å²) in [6, 6.07) is 6.83. The van der Waals surface area contributed by atoms with Crippen LogP contribution in [0.15, 0.2) is 30.5 Å². The minimum absolute atomic E-state index is 0.0842. The number of nitrogens with one attached hydrogen (secondary N) is 3. The molecule has 6 nitrogen and oxygen atoms in total. The van der Waals surface area contributed by atoms with Gasteiger partial charge in [-0.25, -0.2) is 0 Å². The van der Waals surface area contributed by atoms with Crippen molar-refractivity contribution < 1.29 is 9.59 Å². The van der Waals surface area contributed by atoms with E-state index in [1.54, 1.807) is 31.2 Å². The van der Waals surface area contributed by atoms with Gasteiger partial charge in [0, 0.05) is 23.0 Å². The highest BCUT2D eigenvalue weighted by Crippen LogP contribution is 2.12. The van der Waals surface area contributed by atoms with Crippen molar-refractivity contribution in [3.05, 3.63) is 47.3 Å². The molecular formula is C15H18N4O2. The maximum atomic E-state index is 12.0. The van der Waals surface area contributed by atoms with Crippen LogP contribution < -0.4 is 10.6 Å². The fraction of sp³-hybridized carbons (Fsp3) is 0.267. The van der Waals surface area contributed by atoms with Crippen LogP contribution in [0, 0.1) is 6.92 Å². The molecule has 0 spiro atoms. The highest BCUT2D eigenvalue weighted by molar-refractivity contribution is 6.05. The molecule has 2 amide bonds. The van der Waals surface area contributed by atoms with Crippen LogP contribution in [0.3, 0.4) is 0 Å². The quantitative estimate of drug-likeness (QED) is 0.804. The van der Waals surface area contributed by atoms with E-state index in [2.05, 4.69) is 20.8 Å². The molecule has 21 heavy (non-hydrogen) atoms. The number of aromatic nitrogens is 2. The van der Waals surface area contributed by atoms with Gasteiger partial charge in [0.05, 0.1) is 11.8 Å². The van der Waals surface area contributed by atoms with E-state index in [1.165, 1.54) is 6.20 Å². The number of anilines is 1. The summed E-state index contributed by atoms with van der Waals surface area (Å²) in [7, 11) is 0. The lowest BCUT2D eigenvalue weighted by atomic mass is 10.1. The Balaban J connectivity index is 2.04. The maximum Gasteiger partial charge on any atom is 0.259 e. The van der Waals surface area contributed by atoms with Crippen molar-refractivity contribution in [2.45, 2.75) is 26.8 Å². The van der Waals surface area contributed by atoms with Crippen molar-refractivity contribution in [1.29, 1.82) is 0 Å². The molecule has 0 radical (unpaired) electrons. The zero-order chi connectivity index (χ0) is 15.4. The first kappa shape index (κ1) is 14.8. The molecule has 110 valence electrons. The molecule has 2 aromatic rings. The highest BCUT2D eigenvalue weighted by atomic mass is 16.2. The fourth-order valence-corrected chi connectivity index (χ4v) is 1.83. The normalized spacial score (nSPS) is 10.5. The Labute approximate surface area is 122 Å². The topological polar surface area (TPSA) is 86.9 Å². The van der Waals surface area contributed by atoms with Crippen molar-refractivity contribution in [2.24, 2.45) is 0 Å². The summed E-state index contributed by atoms with van der Waals surface area (Å²) in [5.74, 6) is -0.366. The van der Waals surface area contributed by atoms with E-state index < -0.39 is 0 Å². The molecule has 6 heteroatoms. The van der Waals surface area contributed by atoms with Gasteiger partial charge in [-0.1, -0.05) is 0 Å². The van der Waals surface area contributed by atoms with E-state index in [0.717, 1.165) is 0 Å². The first-order valence-electron chi connectivity index (χ1n) is 6.69. The standard InChI is InChI=1S/C15H18N4O2/c1-9(2)17-14(20)11-4-6-12(7-5-11)18-15(21)13-8-16-19-10(13)3/h4-9H,1-3H3,(H,16,19)(H,17,20)(H,18,21). The van der Waals surface area contributed by atoms with Crippen molar-refractivity contribution in [3.8, 4) is 0 Å². The third-order valence-electron chi connectivity index (χ3n) is 2.90. The second-order valence-corrected chi connectivity index (χ2v) is 5.07. The Morgan fingerprint density at radius 1 is 1.14 bits per heavy atom. The molecule has 1 aromatic heterocycles. The van der Waals surface area contributed by atoms with Gasteiger partial charge in [-0.3, -0.25) is 14.7 Å². The van der Waals surface area contributed by atoms with E-state index in [0.29, 0.717) is 22.5 Å². The van der Waals surface area contributed by atoms with Crippen molar-refractivity contribution in [3.63, 3.8) is 0 Å². The lowest BCUT2D eigenvalue weighted by molar-refractivity contribution is 0.0942. The molecule has 1 heterocycles. The summed E-state index contributed by atoms with van der Waals surface area (Å²) >= 11 is 0. The number of carbonyl (C=O) groups excluding carboxylic acids is 2. The minimum atomic E-state index is -0.236. The number of H-pyrrole nitrogens is 1. The third kappa shape index (κ3) is 3.68. The molecule has 1 aromatic carbocycles. The second-order valence-electron chi connectivity index (χ2n) is 5.07. The van der Waals surface area contributed by atoms with Crippen LogP contribution >= 0.6 is 0 Å². The van der Waals surface area contributed by atoms with Gasteiger partial charge in [0.15, 0.2) is 0 Å². The molecular weight excluding hydrogens is 268 g/mol. The molecule has 2 rings (SSSR count). The number of nitrogens with zero attached hydrogens (tertiary/aromatic N) is 1. The van der Waals surface area contributed by atoms with E-state index >= 15 is 0 Å². The number of aryl methyl sites for hydroxylation is 1. The minimum Gasteiger partial charge on any atom is -0.350 e. The molecule has 0 aliphatic heterocycles. The van der Waals surface area contributed by atoms with Crippen LogP contribution in [0.5, 0.6) is 0 Å². The number of rotatable bonds is 4. The highest BCUT2D eigenvalue weighted by Gasteiger charge is 2.11. The number of amides is 2.